The zero-order valence-electron chi connectivity index (χ0n) is 16.9. The monoisotopic (exact) mass is 417 g/mol. The van der Waals surface area contributed by atoms with Crippen LogP contribution in [0.4, 0.5) is 6.01 Å². The predicted octanol–water partition coefficient (Wildman–Crippen LogP) is 3.07. The van der Waals surface area contributed by atoms with E-state index in [1.807, 2.05) is 45.8 Å². The van der Waals surface area contributed by atoms with Gasteiger partial charge in [-0.2, -0.15) is 4.98 Å². The van der Waals surface area contributed by atoms with Crippen molar-refractivity contribution in [3.63, 3.8) is 0 Å². The Morgan fingerprint density at radius 1 is 1.16 bits per heavy atom. The third-order valence-electron chi connectivity index (χ3n) is 5.06. The summed E-state index contributed by atoms with van der Waals surface area (Å²) in [5.41, 5.74) is 15.1. The molecular formula is C22H23N7O2. The van der Waals surface area contributed by atoms with Gasteiger partial charge >= 0.3 is 0 Å². The molecule has 1 amide bonds. The van der Waals surface area contributed by atoms with Crippen LogP contribution in [0.2, 0.25) is 0 Å². The minimum Gasteiger partial charge on any atom is -0.424 e. The van der Waals surface area contributed by atoms with Crippen LogP contribution >= 0.6 is 0 Å². The highest BCUT2D eigenvalue weighted by Crippen LogP contribution is 2.26. The van der Waals surface area contributed by atoms with Crippen molar-refractivity contribution >= 4 is 34.9 Å². The van der Waals surface area contributed by atoms with E-state index in [2.05, 4.69) is 9.97 Å². The second-order valence-corrected chi connectivity index (χ2v) is 7.07. The molecule has 4 heterocycles. The van der Waals surface area contributed by atoms with Gasteiger partial charge in [-0.3, -0.25) is 9.20 Å². The third-order valence-corrected chi connectivity index (χ3v) is 5.06. The number of aromatic nitrogens is 3. The van der Waals surface area contributed by atoms with Gasteiger partial charge in [0.05, 0.1) is 6.20 Å². The number of anilines is 1. The molecule has 1 saturated heterocycles. The molecule has 0 saturated carbocycles. The van der Waals surface area contributed by atoms with Crippen LogP contribution in [0.1, 0.15) is 23.3 Å². The SMILES string of the molecule is N=C/C=C\N.Nc1nc2cc(-c3ccc4ncc(C(=O)N5CCCC5)n4c3)ccc2o1. The minimum absolute atomic E-state index is 0.0341. The first-order valence-electron chi connectivity index (χ1n) is 9.91. The number of nitrogens with one attached hydrogen (secondary N) is 1. The lowest BCUT2D eigenvalue weighted by molar-refractivity contribution is 0.0786. The molecule has 5 rings (SSSR count). The van der Waals surface area contributed by atoms with Crippen LogP contribution in [0.3, 0.4) is 0 Å². The molecule has 0 spiro atoms. The van der Waals surface area contributed by atoms with Gasteiger partial charge in [-0.1, -0.05) is 6.07 Å². The summed E-state index contributed by atoms with van der Waals surface area (Å²) in [6.07, 6.45) is 9.60. The van der Waals surface area contributed by atoms with E-state index in [-0.39, 0.29) is 11.9 Å². The smallest absolute Gasteiger partial charge is 0.292 e. The molecule has 9 nitrogen and oxygen atoms in total. The van der Waals surface area contributed by atoms with Crippen molar-refractivity contribution < 1.29 is 9.21 Å². The summed E-state index contributed by atoms with van der Waals surface area (Å²) in [5.74, 6) is 0.0341. The Balaban J connectivity index is 0.000000418. The molecule has 158 valence electrons. The van der Waals surface area contributed by atoms with Crippen LogP contribution in [0.15, 0.2) is 59.4 Å². The van der Waals surface area contributed by atoms with Crippen LogP contribution in [-0.2, 0) is 0 Å². The number of carbonyl (C=O) groups excluding carboxylic acids is 1. The number of fused-ring (bicyclic) bond motifs is 2. The molecular weight excluding hydrogens is 394 g/mol. The van der Waals surface area contributed by atoms with E-state index < -0.39 is 0 Å². The highest BCUT2D eigenvalue weighted by atomic mass is 16.4. The lowest BCUT2D eigenvalue weighted by Gasteiger charge is -2.14. The Morgan fingerprint density at radius 2 is 1.94 bits per heavy atom. The van der Waals surface area contributed by atoms with Crippen molar-refractivity contribution in [2.45, 2.75) is 12.8 Å². The summed E-state index contributed by atoms with van der Waals surface area (Å²) >= 11 is 0. The maximum absolute atomic E-state index is 12.8. The fourth-order valence-electron chi connectivity index (χ4n) is 3.57. The second kappa shape index (κ2) is 8.70. The standard InChI is InChI=1S/C19H17N5O2.C3H6N2/c20-19-22-14-9-12(3-5-16(14)26-19)13-4-6-17-21-10-15(24(17)11-13)18(25)23-7-1-2-8-23;4-2-1-3-5/h3-6,9-11H,1-2,7-8H2,(H2,20,22);1-4H,5H2/b;3-1-,4-2?. The lowest BCUT2D eigenvalue weighted by atomic mass is 10.1. The Morgan fingerprint density at radius 3 is 2.65 bits per heavy atom. The van der Waals surface area contributed by atoms with Gasteiger partial charge in [0.2, 0.25) is 0 Å². The van der Waals surface area contributed by atoms with Crippen molar-refractivity contribution in [3.05, 3.63) is 60.7 Å². The van der Waals surface area contributed by atoms with Gasteiger partial charge in [0.15, 0.2) is 5.58 Å². The van der Waals surface area contributed by atoms with Crippen LogP contribution in [0, 0.1) is 5.41 Å². The molecule has 3 aromatic heterocycles. The molecule has 5 N–H and O–H groups in total. The highest BCUT2D eigenvalue weighted by molar-refractivity contribution is 5.93. The first-order chi connectivity index (χ1) is 15.1. The molecule has 9 heteroatoms. The minimum atomic E-state index is 0.0341. The maximum atomic E-state index is 12.8. The number of carbonyl (C=O) groups is 1. The molecule has 1 fully saturated rings. The summed E-state index contributed by atoms with van der Waals surface area (Å²) in [5, 5.41) is 6.31. The molecule has 1 aliphatic heterocycles. The van der Waals surface area contributed by atoms with Crippen LogP contribution in [0.5, 0.6) is 0 Å². The van der Waals surface area contributed by atoms with Gasteiger partial charge in [-0.15, -0.1) is 0 Å². The Labute approximate surface area is 178 Å². The van der Waals surface area contributed by atoms with E-state index >= 15 is 0 Å². The molecule has 1 aliphatic rings. The average molecular weight is 417 g/mol. The van der Waals surface area contributed by atoms with E-state index in [0.717, 1.165) is 48.9 Å². The fourth-order valence-corrected chi connectivity index (χ4v) is 3.57. The molecule has 31 heavy (non-hydrogen) atoms. The number of nitrogens with two attached hydrogens (primary N) is 2. The van der Waals surface area contributed by atoms with Gasteiger partial charge in [0, 0.05) is 25.5 Å². The first kappa shape index (κ1) is 20.1. The van der Waals surface area contributed by atoms with Crippen molar-refractivity contribution in [2.24, 2.45) is 5.73 Å². The van der Waals surface area contributed by atoms with Gasteiger partial charge in [-0.25, -0.2) is 4.98 Å². The van der Waals surface area contributed by atoms with E-state index in [4.69, 9.17) is 21.3 Å². The quantitative estimate of drug-likeness (QED) is 0.438. The number of allylic oxidation sites excluding steroid dienone is 1. The molecule has 1 aromatic carbocycles. The number of nitrogen functional groups attached to an aromatic ring is 1. The van der Waals surface area contributed by atoms with Crippen LogP contribution in [0.25, 0.3) is 27.9 Å². The average Bonchev–Trinajstić information content (AvgIpc) is 3.52. The van der Waals surface area contributed by atoms with Gasteiger partial charge in [0.1, 0.15) is 16.9 Å². The van der Waals surface area contributed by atoms with E-state index in [1.54, 1.807) is 6.20 Å². The first-order valence-corrected chi connectivity index (χ1v) is 9.91. The Kier molecular flexibility index (Phi) is 5.65. The number of oxazole rings is 1. The summed E-state index contributed by atoms with van der Waals surface area (Å²) in [6, 6.07) is 9.78. The molecule has 0 atom stereocenters. The number of likely N-dealkylation sites (tertiary alicyclic amines) is 1. The van der Waals surface area contributed by atoms with E-state index in [1.165, 1.54) is 12.3 Å². The van der Waals surface area contributed by atoms with Crippen molar-refractivity contribution in [2.75, 3.05) is 18.8 Å². The summed E-state index contributed by atoms with van der Waals surface area (Å²) in [4.78, 5) is 23.2. The number of benzene rings is 1. The van der Waals surface area contributed by atoms with Crippen molar-refractivity contribution in [1.29, 1.82) is 5.41 Å². The van der Waals surface area contributed by atoms with Crippen molar-refractivity contribution in [3.8, 4) is 11.1 Å². The van der Waals surface area contributed by atoms with Crippen LogP contribution in [-0.4, -0.2) is 44.5 Å². The summed E-state index contributed by atoms with van der Waals surface area (Å²) < 4.78 is 7.18. The number of imidazole rings is 1. The number of amides is 1. The van der Waals surface area contributed by atoms with Gasteiger partial charge in [0.25, 0.3) is 11.9 Å². The third kappa shape index (κ3) is 4.11. The van der Waals surface area contributed by atoms with Crippen molar-refractivity contribution in [1.82, 2.24) is 19.3 Å². The van der Waals surface area contributed by atoms with E-state index in [9.17, 15) is 4.79 Å². The number of rotatable bonds is 3. The number of hydrogen-bond donors (Lipinski definition) is 3. The van der Waals surface area contributed by atoms with E-state index in [0.29, 0.717) is 16.8 Å². The Bertz CT molecular complexity index is 1270. The number of pyridine rings is 1. The Hall–Kier alpha value is -4.14. The van der Waals surface area contributed by atoms with Gasteiger partial charge in [-0.05, 0) is 60.5 Å². The number of hydrogen-bond acceptors (Lipinski definition) is 7. The highest BCUT2D eigenvalue weighted by Gasteiger charge is 2.22. The molecule has 0 bridgehead atoms. The molecule has 0 aliphatic carbocycles. The molecule has 4 aromatic rings. The fraction of sp³-hybridized carbons (Fsp3) is 0.182. The van der Waals surface area contributed by atoms with Gasteiger partial charge < -0.3 is 26.2 Å². The topological polar surface area (TPSA) is 140 Å². The summed E-state index contributed by atoms with van der Waals surface area (Å²) in [6.45, 7) is 1.63. The second-order valence-electron chi connectivity index (χ2n) is 7.07. The lowest BCUT2D eigenvalue weighted by Crippen LogP contribution is -2.28. The zero-order valence-corrected chi connectivity index (χ0v) is 16.9. The molecule has 0 unspecified atom stereocenters. The number of nitrogens with zero attached hydrogens (tertiary/aromatic N) is 4. The summed E-state index contributed by atoms with van der Waals surface area (Å²) in [7, 11) is 0. The zero-order chi connectivity index (χ0) is 21.8. The normalized spacial score (nSPS) is 13.6. The predicted molar refractivity (Wildman–Crippen MR) is 120 cm³/mol. The van der Waals surface area contributed by atoms with Crippen LogP contribution < -0.4 is 11.5 Å². The maximum Gasteiger partial charge on any atom is 0.292 e. The molecule has 0 radical (unpaired) electrons. The largest absolute Gasteiger partial charge is 0.424 e.